The Hall–Kier alpha value is -1.10. The number of hydrogen-bond donors (Lipinski definition) is 2. The summed E-state index contributed by atoms with van der Waals surface area (Å²) in [4.78, 5) is 0. The topological polar surface area (TPSA) is 85.6 Å². The molecule has 4 heteroatoms. The molecular formula is C14H24N4. The Morgan fingerprint density at radius 2 is 1.89 bits per heavy atom. The first kappa shape index (κ1) is 15.0. The second-order valence-electron chi connectivity index (χ2n) is 6.68. The molecule has 1 saturated carbocycles. The van der Waals surface area contributed by atoms with Crippen LogP contribution < -0.4 is 11.1 Å². The third kappa shape index (κ3) is 3.98. The van der Waals surface area contributed by atoms with Crippen LogP contribution >= 0.6 is 0 Å². The van der Waals surface area contributed by atoms with Crippen molar-refractivity contribution in [1.82, 2.24) is 5.32 Å². The lowest BCUT2D eigenvalue weighted by Crippen LogP contribution is -2.48. The summed E-state index contributed by atoms with van der Waals surface area (Å²) in [5, 5.41) is 20.9. The monoisotopic (exact) mass is 248 g/mol. The van der Waals surface area contributed by atoms with E-state index in [1.54, 1.807) is 0 Å². The number of nitriles is 2. The zero-order valence-corrected chi connectivity index (χ0v) is 11.7. The van der Waals surface area contributed by atoms with Crippen molar-refractivity contribution in [2.45, 2.75) is 46.1 Å². The molecule has 1 aliphatic carbocycles. The van der Waals surface area contributed by atoms with Gasteiger partial charge in [-0.2, -0.15) is 10.5 Å². The van der Waals surface area contributed by atoms with Gasteiger partial charge in [0.05, 0.1) is 12.1 Å². The SMILES string of the molecule is CC1(C)CC(NCC(C#N)C#N)CC(C)(CN)C1. The van der Waals surface area contributed by atoms with Crippen molar-refractivity contribution in [3.63, 3.8) is 0 Å². The molecule has 4 nitrogen and oxygen atoms in total. The van der Waals surface area contributed by atoms with Crippen LogP contribution in [0.15, 0.2) is 0 Å². The van der Waals surface area contributed by atoms with E-state index in [9.17, 15) is 0 Å². The Balaban J connectivity index is 2.62. The first-order chi connectivity index (χ1) is 8.34. The molecule has 0 bridgehead atoms. The maximum absolute atomic E-state index is 8.77. The molecular weight excluding hydrogens is 224 g/mol. The average Bonchev–Trinajstić information content (AvgIpc) is 2.28. The predicted octanol–water partition coefficient (Wildman–Crippen LogP) is 1.78. The van der Waals surface area contributed by atoms with E-state index < -0.39 is 5.92 Å². The molecule has 0 aliphatic heterocycles. The van der Waals surface area contributed by atoms with Crippen LogP contribution in [-0.2, 0) is 0 Å². The molecule has 0 spiro atoms. The summed E-state index contributed by atoms with van der Waals surface area (Å²) in [5.74, 6) is -0.556. The van der Waals surface area contributed by atoms with Crippen LogP contribution in [0.25, 0.3) is 0 Å². The van der Waals surface area contributed by atoms with Crippen LogP contribution in [0.2, 0.25) is 0 Å². The third-order valence-corrected chi connectivity index (χ3v) is 3.86. The molecule has 100 valence electrons. The van der Waals surface area contributed by atoms with Crippen LogP contribution in [0, 0.1) is 39.4 Å². The summed E-state index contributed by atoms with van der Waals surface area (Å²) in [6.07, 6.45) is 3.23. The smallest absolute Gasteiger partial charge is 0.145 e. The molecule has 2 atom stereocenters. The van der Waals surface area contributed by atoms with Crippen molar-refractivity contribution in [3.8, 4) is 12.1 Å². The summed E-state index contributed by atoms with van der Waals surface area (Å²) < 4.78 is 0. The van der Waals surface area contributed by atoms with E-state index in [-0.39, 0.29) is 10.8 Å². The molecule has 0 aromatic rings. The number of nitrogens with one attached hydrogen (secondary N) is 1. The minimum Gasteiger partial charge on any atom is -0.330 e. The van der Waals surface area contributed by atoms with Gasteiger partial charge in [-0.25, -0.2) is 0 Å². The van der Waals surface area contributed by atoms with Gasteiger partial charge in [0.25, 0.3) is 0 Å². The lowest BCUT2D eigenvalue weighted by molar-refractivity contribution is 0.0770. The van der Waals surface area contributed by atoms with Crippen molar-refractivity contribution in [3.05, 3.63) is 0 Å². The van der Waals surface area contributed by atoms with E-state index in [1.165, 1.54) is 0 Å². The van der Waals surface area contributed by atoms with Crippen molar-refractivity contribution in [1.29, 1.82) is 10.5 Å². The number of nitrogens with two attached hydrogens (primary N) is 1. The van der Waals surface area contributed by atoms with E-state index >= 15 is 0 Å². The van der Waals surface area contributed by atoms with E-state index in [1.807, 2.05) is 12.1 Å². The fourth-order valence-electron chi connectivity index (χ4n) is 3.34. The van der Waals surface area contributed by atoms with Gasteiger partial charge < -0.3 is 11.1 Å². The summed E-state index contributed by atoms with van der Waals surface area (Å²) >= 11 is 0. The van der Waals surface area contributed by atoms with Crippen molar-refractivity contribution in [2.75, 3.05) is 13.1 Å². The van der Waals surface area contributed by atoms with Crippen LogP contribution in [0.5, 0.6) is 0 Å². The molecule has 1 rings (SSSR count). The molecule has 0 amide bonds. The van der Waals surface area contributed by atoms with Gasteiger partial charge in [-0.1, -0.05) is 20.8 Å². The van der Waals surface area contributed by atoms with Crippen LogP contribution in [-0.4, -0.2) is 19.1 Å². The molecule has 18 heavy (non-hydrogen) atoms. The molecule has 1 fully saturated rings. The van der Waals surface area contributed by atoms with Crippen molar-refractivity contribution < 1.29 is 0 Å². The van der Waals surface area contributed by atoms with Gasteiger partial charge in [0.2, 0.25) is 0 Å². The van der Waals surface area contributed by atoms with E-state index in [0.717, 1.165) is 19.3 Å². The standard InChI is InChI=1S/C14H24N4/c1-13(2)4-12(5-14(3,9-13)10-17)18-8-11(6-15)7-16/h11-12,18H,4-5,8-10,17H2,1-3H3. The first-order valence-electron chi connectivity index (χ1n) is 6.57. The lowest BCUT2D eigenvalue weighted by atomic mass is 9.62. The molecule has 1 aliphatic rings. The second kappa shape index (κ2) is 5.69. The summed E-state index contributed by atoms with van der Waals surface area (Å²) in [6.45, 7) is 7.90. The summed E-state index contributed by atoms with van der Waals surface area (Å²) in [7, 11) is 0. The number of rotatable bonds is 4. The van der Waals surface area contributed by atoms with Gasteiger partial charge in [-0.15, -0.1) is 0 Å². The van der Waals surface area contributed by atoms with Crippen molar-refractivity contribution in [2.24, 2.45) is 22.5 Å². The second-order valence-corrected chi connectivity index (χ2v) is 6.68. The number of hydrogen-bond acceptors (Lipinski definition) is 4. The normalized spacial score (nSPS) is 30.7. The minimum atomic E-state index is -0.556. The van der Waals surface area contributed by atoms with Crippen LogP contribution in [0.3, 0.4) is 0 Å². The highest BCUT2D eigenvalue weighted by Gasteiger charge is 2.40. The molecule has 3 N–H and O–H groups in total. The van der Waals surface area contributed by atoms with Gasteiger partial charge in [-0.3, -0.25) is 0 Å². The Morgan fingerprint density at radius 1 is 1.28 bits per heavy atom. The maximum Gasteiger partial charge on any atom is 0.145 e. The lowest BCUT2D eigenvalue weighted by Gasteiger charge is -2.46. The molecule has 0 aromatic carbocycles. The quantitative estimate of drug-likeness (QED) is 0.794. The highest BCUT2D eigenvalue weighted by atomic mass is 14.9. The molecule has 0 heterocycles. The average molecular weight is 248 g/mol. The van der Waals surface area contributed by atoms with Crippen LogP contribution in [0.1, 0.15) is 40.0 Å². The Bertz CT molecular complexity index is 349. The summed E-state index contributed by atoms with van der Waals surface area (Å²) in [5.41, 5.74) is 6.32. The van der Waals surface area contributed by atoms with Crippen molar-refractivity contribution >= 4 is 0 Å². The van der Waals surface area contributed by atoms with Gasteiger partial charge in [0, 0.05) is 12.6 Å². The Kier molecular flexibility index (Phi) is 4.73. The van der Waals surface area contributed by atoms with Crippen LogP contribution in [0.4, 0.5) is 0 Å². The fourth-order valence-corrected chi connectivity index (χ4v) is 3.34. The largest absolute Gasteiger partial charge is 0.330 e. The zero-order chi connectivity index (χ0) is 13.8. The predicted molar refractivity (Wildman–Crippen MR) is 71.3 cm³/mol. The van der Waals surface area contributed by atoms with E-state index in [4.69, 9.17) is 16.3 Å². The number of nitrogens with zero attached hydrogens (tertiary/aromatic N) is 2. The summed E-state index contributed by atoms with van der Waals surface area (Å²) in [6, 6.07) is 4.35. The molecule has 0 saturated heterocycles. The van der Waals surface area contributed by atoms with Gasteiger partial charge >= 0.3 is 0 Å². The Labute approximate surface area is 110 Å². The fraction of sp³-hybridized carbons (Fsp3) is 0.857. The Morgan fingerprint density at radius 3 is 2.39 bits per heavy atom. The highest BCUT2D eigenvalue weighted by molar-refractivity contribution is 5.02. The molecule has 0 radical (unpaired) electrons. The first-order valence-corrected chi connectivity index (χ1v) is 6.57. The zero-order valence-electron chi connectivity index (χ0n) is 11.7. The molecule has 2 unspecified atom stereocenters. The van der Waals surface area contributed by atoms with Gasteiger partial charge in [0.1, 0.15) is 5.92 Å². The van der Waals surface area contributed by atoms with Gasteiger partial charge in [0.15, 0.2) is 0 Å². The van der Waals surface area contributed by atoms with E-state index in [2.05, 4.69) is 26.1 Å². The molecule has 0 aromatic heterocycles. The van der Waals surface area contributed by atoms with Gasteiger partial charge in [-0.05, 0) is 36.6 Å². The van der Waals surface area contributed by atoms with E-state index in [0.29, 0.717) is 19.1 Å². The minimum absolute atomic E-state index is 0.161. The maximum atomic E-state index is 8.77. The third-order valence-electron chi connectivity index (χ3n) is 3.86. The highest BCUT2D eigenvalue weighted by Crippen LogP contribution is 2.45.